The van der Waals surface area contributed by atoms with E-state index in [1.54, 1.807) is 18.3 Å². The first kappa shape index (κ1) is 18.3. The van der Waals surface area contributed by atoms with Crippen LogP contribution in [0.1, 0.15) is 28.9 Å². The van der Waals surface area contributed by atoms with Crippen molar-refractivity contribution in [1.82, 2.24) is 19.9 Å². The van der Waals surface area contributed by atoms with Crippen LogP contribution in [0, 0.1) is 0 Å². The van der Waals surface area contributed by atoms with Crippen molar-refractivity contribution < 1.29 is 9.53 Å². The molecule has 31 heavy (non-hydrogen) atoms. The fourth-order valence-corrected chi connectivity index (χ4v) is 4.64. The van der Waals surface area contributed by atoms with Crippen molar-refractivity contribution in [2.75, 3.05) is 18.0 Å². The fourth-order valence-electron chi connectivity index (χ4n) is 4.48. The molecular weight excluding hydrogens is 414 g/mol. The molecular formula is C23H18ClN5O2. The molecule has 1 saturated heterocycles. The number of rotatable bonds is 2. The van der Waals surface area contributed by atoms with Gasteiger partial charge in [-0.15, -0.1) is 0 Å². The van der Waals surface area contributed by atoms with Gasteiger partial charge in [-0.25, -0.2) is 14.8 Å². The van der Waals surface area contributed by atoms with Gasteiger partial charge in [0.1, 0.15) is 11.6 Å². The van der Waals surface area contributed by atoms with Crippen molar-refractivity contribution in [3.8, 4) is 11.4 Å². The first-order valence-electron chi connectivity index (χ1n) is 10.2. The van der Waals surface area contributed by atoms with Crippen LogP contribution >= 0.6 is 11.6 Å². The molecule has 0 aliphatic carbocycles. The minimum Gasteiger partial charge on any atom is -0.449 e. The number of pyridine rings is 2. The molecule has 4 aromatic rings. The van der Waals surface area contributed by atoms with E-state index < -0.39 is 5.60 Å². The van der Waals surface area contributed by atoms with Crippen LogP contribution in [-0.2, 0) is 10.3 Å². The van der Waals surface area contributed by atoms with Crippen molar-refractivity contribution in [3.63, 3.8) is 0 Å². The number of imidazole rings is 1. The number of ether oxygens (including phenoxy) is 1. The van der Waals surface area contributed by atoms with Crippen LogP contribution in [-0.4, -0.2) is 39.0 Å². The maximum atomic E-state index is 12.2. The predicted octanol–water partition coefficient (Wildman–Crippen LogP) is 4.34. The van der Waals surface area contributed by atoms with E-state index in [9.17, 15) is 4.79 Å². The van der Waals surface area contributed by atoms with E-state index in [4.69, 9.17) is 16.3 Å². The predicted molar refractivity (Wildman–Crippen MR) is 117 cm³/mol. The van der Waals surface area contributed by atoms with Gasteiger partial charge in [-0.1, -0.05) is 11.6 Å². The van der Waals surface area contributed by atoms with Gasteiger partial charge < -0.3 is 14.6 Å². The Morgan fingerprint density at radius 3 is 2.77 bits per heavy atom. The number of piperidine rings is 1. The molecule has 5 heterocycles. The van der Waals surface area contributed by atoms with Gasteiger partial charge >= 0.3 is 5.97 Å². The van der Waals surface area contributed by atoms with Gasteiger partial charge in [0, 0.05) is 48.9 Å². The fraction of sp³-hybridized carbons (Fsp3) is 0.217. The summed E-state index contributed by atoms with van der Waals surface area (Å²) in [6.07, 6.45) is 4.93. The highest BCUT2D eigenvalue weighted by atomic mass is 35.5. The SMILES string of the molecule is O=C1OC2(CCN(c3ccc(-c4nc5cc(Cl)ccc5[nH]4)cn3)CC2)c2ncccc21. The third-order valence-electron chi connectivity index (χ3n) is 6.11. The Labute approximate surface area is 183 Å². The van der Waals surface area contributed by atoms with Gasteiger partial charge in [0.15, 0.2) is 5.60 Å². The van der Waals surface area contributed by atoms with E-state index in [0.717, 1.165) is 47.0 Å². The van der Waals surface area contributed by atoms with Crippen LogP contribution in [0.25, 0.3) is 22.4 Å². The average Bonchev–Trinajstić information content (AvgIpc) is 3.34. The Morgan fingerprint density at radius 2 is 1.97 bits per heavy atom. The number of hydrogen-bond donors (Lipinski definition) is 1. The number of esters is 1. The zero-order valence-corrected chi connectivity index (χ0v) is 17.3. The maximum absolute atomic E-state index is 12.2. The number of halogens is 1. The Morgan fingerprint density at radius 1 is 1.10 bits per heavy atom. The summed E-state index contributed by atoms with van der Waals surface area (Å²) in [5.74, 6) is 1.38. The van der Waals surface area contributed by atoms with Crippen molar-refractivity contribution in [2.45, 2.75) is 18.4 Å². The molecule has 1 spiro atoms. The summed E-state index contributed by atoms with van der Waals surface area (Å²) >= 11 is 6.06. The number of nitrogens with zero attached hydrogens (tertiary/aromatic N) is 4. The summed E-state index contributed by atoms with van der Waals surface area (Å²) in [5, 5.41) is 0.660. The number of carbonyl (C=O) groups excluding carboxylic acids is 1. The monoisotopic (exact) mass is 431 g/mol. The number of hydrogen-bond acceptors (Lipinski definition) is 6. The van der Waals surface area contributed by atoms with E-state index >= 15 is 0 Å². The minimum atomic E-state index is -0.611. The summed E-state index contributed by atoms with van der Waals surface area (Å²) in [4.78, 5) is 31.5. The molecule has 8 heteroatoms. The van der Waals surface area contributed by atoms with Crippen LogP contribution in [0.15, 0.2) is 54.9 Å². The van der Waals surface area contributed by atoms with Gasteiger partial charge in [0.25, 0.3) is 0 Å². The molecule has 154 valence electrons. The highest BCUT2D eigenvalue weighted by Crippen LogP contribution is 2.43. The number of aromatic nitrogens is 4. The average molecular weight is 432 g/mol. The number of H-pyrrole nitrogens is 1. The summed E-state index contributed by atoms with van der Waals surface area (Å²) in [6.45, 7) is 1.47. The second-order valence-corrected chi connectivity index (χ2v) is 8.36. The summed E-state index contributed by atoms with van der Waals surface area (Å²) in [7, 11) is 0. The Kier molecular flexibility index (Phi) is 4.01. The Hall–Kier alpha value is -3.45. The quantitative estimate of drug-likeness (QED) is 0.475. The Bertz CT molecular complexity index is 1310. The molecule has 1 aromatic carbocycles. The largest absolute Gasteiger partial charge is 0.449 e. The number of anilines is 1. The van der Waals surface area contributed by atoms with Gasteiger partial charge in [-0.3, -0.25) is 4.98 Å². The molecule has 0 radical (unpaired) electrons. The minimum absolute atomic E-state index is 0.272. The molecule has 0 bridgehead atoms. The van der Waals surface area contributed by atoms with E-state index in [1.807, 2.05) is 36.5 Å². The zero-order chi connectivity index (χ0) is 21.0. The van der Waals surface area contributed by atoms with Crippen LogP contribution in [0.5, 0.6) is 0 Å². The summed E-state index contributed by atoms with van der Waals surface area (Å²) < 4.78 is 5.79. The smallest absolute Gasteiger partial charge is 0.341 e. The molecule has 0 saturated carbocycles. The lowest BCUT2D eigenvalue weighted by Gasteiger charge is -2.38. The molecule has 1 N–H and O–H groups in total. The van der Waals surface area contributed by atoms with Gasteiger partial charge in [-0.2, -0.15) is 0 Å². The van der Waals surface area contributed by atoms with Crippen LogP contribution < -0.4 is 4.90 Å². The normalized spacial score (nSPS) is 17.2. The van der Waals surface area contributed by atoms with Crippen molar-refractivity contribution in [1.29, 1.82) is 0 Å². The summed E-state index contributed by atoms with van der Waals surface area (Å²) in [6, 6.07) is 13.2. The highest BCUT2D eigenvalue weighted by Gasteiger charge is 2.48. The molecule has 3 aromatic heterocycles. The molecule has 7 nitrogen and oxygen atoms in total. The van der Waals surface area contributed by atoms with Crippen molar-refractivity contribution >= 4 is 34.4 Å². The van der Waals surface area contributed by atoms with Gasteiger partial charge in [0.05, 0.1) is 22.3 Å². The topological polar surface area (TPSA) is 84.0 Å². The van der Waals surface area contributed by atoms with E-state index in [1.165, 1.54) is 0 Å². The lowest BCUT2D eigenvalue weighted by molar-refractivity contribution is -0.0229. The van der Waals surface area contributed by atoms with Crippen LogP contribution in [0.3, 0.4) is 0 Å². The molecule has 0 unspecified atom stereocenters. The molecule has 2 aliphatic heterocycles. The summed E-state index contributed by atoms with van der Waals surface area (Å²) in [5.41, 5.74) is 3.42. The first-order chi connectivity index (χ1) is 15.1. The number of aromatic amines is 1. The lowest BCUT2D eigenvalue weighted by Crippen LogP contribution is -2.43. The van der Waals surface area contributed by atoms with E-state index in [-0.39, 0.29) is 5.97 Å². The van der Waals surface area contributed by atoms with Crippen LogP contribution in [0.2, 0.25) is 5.02 Å². The molecule has 0 atom stereocenters. The first-order valence-corrected chi connectivity index (χ1v) is 10.5. The Balaban J connectivity index is 1.21. The number of nitrogens with one attached hydrogen (secondary N) is 1. The third kappa shape index (κ3) is 2.96. The third-order valence-corrected chi connectivity index (χ3v) is 6.34. The standard InChI is InChI=1S/C23H18ClN5O2/c24-15-4-5-17-18(12-15)28-21(27-17)14-3-6-19(26-13-14)29-10-7-23(8-11-29)20-16(22(30)31-23)2-1-9-25-20/h1-6,9,12-13H,7-8,10-11H2,(H,27,28). The molecule has 6 rings (SSSR count). The van der Waals surface area contributed by atoms with Gasteiger partial charge in [-0.05, 0) is 42.5 Å². The second kappa shape index (κ2) is 6.78. The molecule has 0 amide bonds. The van der Waals surface area contributed by atoms with Gasteiger partial charge in [0.2, 0.25) is 0 Å². The number of fused-ring (bicyclic) bond motifs is 3. The number of benzene rings is 1. The van der Waals surface area contributed by atoms with Crippen molar-refractivity contribution in [2.24, 2.45) is 0 Å². The molecule has 2 aliphatic rings. The highest BCUT2D eigenvalue weighted by molar-refractivity contribution is 6.31. The lowest BCUT2D eigenvalue weighted by atomic mass is 9.87. The van der Waals surface area contributed by atoms with Crippen molar-refractivity contribution in [3.05, 3.63) is 71.1 Å². The zero-order valence-electron chi connectivity index (χ0n) is 16.5. The van der Waals surface area contributed by atoms with E-state index in [0.29, 0.717) is 23.4 Å². The van der Waals surface area contributed by atoms with Crippen LogP contribution in [0.4, 0.5) is 5.82 Å². The van der Waals surface area contributed by atoms with E-state index in [2.05, 4.69) is 24.8 Å². The molecule has 1 fully saturated rings. The maximum Gasteiger partial charge on any atom is 0.341 e. The number of carbonyl (C=O) groups is 1. The second-order valence-electron chi connectivity index (χ2n) is 7.92.